The molecule has 0 aliphatic carbocycles. The number of carbonyl (C=O) groups is 1. The maximum Gasteiger partial charge on any atom is 0.313 e. The molecule has 0 fully saturated rings. The minimum absolute atomic E-state index is 0.285. The smallest absolute Gasteiger partial charge is 0.313 e. The molecule has 104 valence electrons. The molecule has 19 heavy (non-hydrogen) atoms. The van der Waals surface area contributed by atoms with Crippen LogP contribution in [-0.4, -0.2) is 17.7 Å². The van der Waals surface area contributed by atoms with E-state index in [1.54, 1.807) is 0 Å². The van der Waals surface area contributed by atoms with E-state index in [2.05, 4.69) is 13.8 Å². The van der Waals surface area contributed by atoms with Gasteiger partial charge in [-0.2, -0.15) is 0 Å². The molecule has 2 rings (SSSR count). The predicted octanol–water partition coefficient (Wildman–Crippen LogP) is 3.52. The summed E-state index contributed by atoms with van der Waals surface area (Å²) in [5.74, 6) is 0.516. The summed E-state index contributed by atoms with van der Waals surface area (Å²) in [6.07, 6.45) is 3.42. The summed E-state index contributed by atoms with van der Waals surface area (Å²) in [5, 5.41) is 9.65. The van der Waals surface area contributed by atoms with E-state index in [1.165, 1.54) is 0 Å². The van der Waals surface area contributed by atoms with Gasteiger partial charge in [0, 0.05) is 0 Å². The van der Waals surface area contributed by atoms with Gasteiger partial charge in [-0.1, -0.05) is 44.9 Å². The number of fused-ring (bicyclic) bond motifs is 1. The van der Waals surface area contributed by atoms with Gasteiger partial charge in [0.05, 0.1) is 0 Å². The van der Waals surface area contributed by atoms with E-state index in [1.807, 2.05) is 24.3 Å². The van der Waals surface area contributed by atoms with Gasteiger partial charge in [-0.15, -0.1) is 0 Å². The van der Waals surface area contributed by atoms with E-state index in [4.69, 9.17) is 4.74 Å². The van der Waals surface area contributed by atoms with Gasteiger partial charge >= 0.3 is 5.97 Å². The van der Waals surface area contributed by atoms with Gasteiger partial charge < -0.3 is 9.84 Å². The Balaban J connectivity index is 2.21. The van der Waals surface area contributed by atoms with Gasteiger partial charge in [-0.3, -0.25) is 4.79 Å². The largest absolute Gasteiger partial charge is 0.492 e. The highest BCUT2D eigenvalue weighted by atomic mass is 16.5. The van der Waals surface area contributed by atoms with Crippen molar-refractivity contribution in [2.45, 2.75) is 39.5 Å². The number of hydrogen-bond acceptors (Lipinski definition) is 2. The molecule has 1 heterocycles. The lowest BCUT2D eigenvalue weighted by Gasteiger charge is -2.36. The number of carboxylic acids is 1. The monoisotopic (exact) mass is 262 g/mol. The molecule has 1 aromatic rings. The maximum atomic E-state index is 11.7. The van der Waals surface area contributed by atoms with Crippen molar-refractivity contribution in [2.75, 3.05) is 6.61 Å². The van der Waals surface area contributed by atoms with Gasteiger partial charge in [0.25, 0.3) is 0 Å². The molecule has 1 aliphatic heterocycles. The minimum atomic E-state index is -0.761. The number of para-hydroxylation sites is 1. The molecular weight excluding hydrogens is 240 g/mol. The third-order valence-corrected chi connectivity index (χ3v) is 3.98. The molecule has 0 bridgehead atoms. The minimum Gasteiger partial charge on any atom is -0.492 e. The van der Waals surface area contributed by atoms with Crippen molar-refractivity contribution in [3.8, 4) is 5.75 Å². The fourth-order valence-corrected chi connectivity index (χ4v) is 3.04. The van der Waals surface area contributed by atoms with E-state index in [-0.39, 0.29) is 6.61 Å². The van der Waals surface area contributed by atoms with Crippen molar-refractivity contribution in [3.63, 3.8) is 0 Å². The average Bonchev–Trinajstić information content (AvgIpc) is 2.38. The fourth-order valence-electron chi connectivity index (χ4n) is 3.04. The number of hydrogen-bond donors (Lipinski definition) is 1. The van der Waals surface area contributed by atoms with Crippen molar-refractivity contribution in [1.82, 2.24) is 0 Å². The second-order valence-electron chi connectivity index (χ2n) is 5.76. The predicted molar refractivity (Wildman–Crippen MR) is 74.4 cm³/mol. The van der Waals surface area contributed by atoms with Crippen LogP contribution >= 0.6 is 0 Å². The van der Waals surface area contributed by atoms with Gasteiger partial charge in [0.15, 0.2) is 0 Å². The van der Waals surface area contributed by atoms with E-state index in [9.17, 15) is 9.90 Å². The average molecular weight is 262 g/mol. The van der Waals surface area contributed by atoms with Crippen LogP contribution in [0.5, 0.6) is 5.75 Å². The first-order valence-corrected chi connectivity index (χ1v) is 7.01. The molecule has 0 saturated heterocycles. The zero-order valence-corrected chi connectivity index (χ0v) is 11.7. The van der Waals surface area contributed by atoms with Crippen LogP contribution in [0.3, 0.4) is 0 Å². The van der Waals surface area contributed by atoms with E-state index in [0.29, 0.717) is 18.8 Å². The summed E-state index contributed by atoms with van der Waals surface area (Å²) in [5.41, 5.74) is 0.253. The molecule has 0 aromatic heterocycles. The van der Waals surface area contributed by atoms with Crippen molar-refractivity contribution in [3.05, 3.63) is 29.8 Å². The molecule has 0 spiro atoms. The standard InChI is InChI=1S/C16H22O3/c1-3-6-12(2)9-16(15(17)18)10-13-7-4-5-8-14(13)19-11-16/h4-5,7-8,12H,3,6,9-11H2,1-2H3,(H,17,18). The third-order valence-electron chi connectivity index (χ3n) is 3.98. The fraction of sp³-hybridized carbons (Fsp3) is 0.562. The Hall–Kier alpha value is -1.51. The number of aliphatic carboxylic acids is 1. The lowest BCUT2D eigenvalue weighted by molar-refractivity contribution is -0.153. The Kier molecular flexibility index (Phi) is 4.13. The highest BCUT2D eigenvalue weighted by molar-refractivity contribution is 5.76. The zero-order valence-electron chi connectivity index (χ0n) is 11.7. The first-order chi connectivity index (χ1) is 9.07. The van der Waals surface area contributed by atoms with Crippen molar-refractivity contribution >= 4 is 5.97 Å². The Morgan fingerprint density at radius 3 is 2.89 bits per heavy atom. The lowest BCUT2D eigenvalue weighted by atomic mass is 9.73. The van der Waals surface area contributed by atoms with Crippen molar-refractivity contribution in [2.24, 2.45) is 11.3 Å². The van der Waals surface area contributed by atoms with Crippen LogP contribution in [0.15, 0.2) is 24.3 Å². The Bertz CT molecular complexity index is 455. The van der Waals surface area contributed by atoms with E-state index >= 15 is 0 Å². The molecule has 3 nitrogen and oxygen atoms in total. The highest BCUT2D eigenvalue weighted by Gasteiger charge is 2.43. The maximum absolute atomic E-state index is 11.7. The van der Waals surface area contributed by atoms with E-state index < -0.39 is 11.4 Å². The summed E-state index contributed by atoms with van der Waals surface area (Å²) in [7, 11) is 0. The number of rotatable bonds is 5. The molecule has 1 aromatic carbocycles. The summed E-state index contributed by atoms with van der Waals surface area (Å²) < 4.78 is 5.70. The van der Waals surface area contributed by atoms with E-state index in [0.717, 1.165) is 24.2 Å². The molecular formula is C16H22O3. The molecule has 1 aliphatic rings. The summed E-state index contributed by atoms with van der Waals surface area (Å²) in [6.45, 7) is 4.55. The Morgan fingerprint density at radius 2 is 2.21 bits per heavy atom. The van der Waals surface area contributed by atoms with Crippen LogP contribution in [0.4, 0.5) is 0 Å². The SMILES string of the molecule is CCCC(C)CC1(C(=O)O)COc2ccccc2C1. The summed E-state index contributed by atoms with van der Waals surface area (Å²) in [6, 6.07) is 7.75. The third kappa shape index (κ3) is 2.91. The quantitative estimate of drug-likeness (QED) is 0.883. The molecule has 0 saturated carbocycles. The van der Waals surface area contributed by atoms with Crippen LogP contribution in [0.2, 0.25) is 0 Å². The van der Waals surface area contributed by atoms with Gasteiger partial charge in [0.2, 0.25) is 0 Å². The molecule has 0 radical (unpaired) electrons. The molecule has 3 heteroatoms. The van der Waals surface area contributed by atoms with Crippen LogP contribution in [0, 0.1) is 11.3 Å². The lowest BCUT2D eigenvalue weighted by Crippen LogP contribution is -2.43. The van der Waals surface area contributed by atoms with Gasteiger partial charge in [0.1, 0.15) is 17.8 Å². The topological polar surface area (TPSA) is 46.5 Å². The second-order valence-corrected chi connectivity index (χ2v) is 5.76. The molecule has 2 unspecified atom stereocenters. The second kappa shape index (κ2) is 5.64. The normalized spacial score (nSPS) is 23.3. The Labute approximate surface area is 114 Å². The van der Waals surface area contributed by atoms with Crippen LogP contribution < -0.4 is 4.74 Å². The molecule has 1 N–H and O–H groups in total. The highest BCUT2D eigenvalue weighted by Crippen LogP contribution is 2.39. The summed E-state index contributed by atoms with van der Waals surface area (Å²) in [4.78, 5) is 11.7. The van der Waals surface area contributed by atoms with Crippen LogP contribution in [-0.2, 0) is 11.2 Å². The van der Waals surface area contributed by atoms with Crippen LogP contribution in [0.25, 0.3) is 0 Å². The molecule has 0 amide bonds. The van der Waals surface area contributed by atoms with Crippen molar-refractivity contribution in [1.29, 1.82) is 0 Å². The van der Waals surface area contributed by atoms with Gasteiger partial charge in [-0.05, 0) is 30.4 Å². The molecule has 2 atom stereocenters. The van der Waals surface area contributed by atoms with Crippen LogP contribution in [0.1, 0.15) is 38.7 Å². The van der Waals surface area contributed by atoms with Crippen molar-refractivity contribution < 1.29 is 14.6 Å². The number of ether oxygens (including phenoxy) is 1. The zero-order chi connectivity index (χ0) is 13.9. The first-order valence-electron chi connectivity index (χ1n) is 7.01. The van der Waals surface area contributed by atoms with Gasteiger partial charge in [-0.25, -0.2) is 0 Å². The first kappa shape index (κ1) is 13.9. The number of carboxylic acid groups (broad SMARTS) is 1. The Morgan fingerprint density at radius 1 is 1.47 bits per heavy atom. The number of benzene rings is 1. The summed E-state index contributed by atoms with van der Waals surface area (Å²) >= 11 is 0.